The molecule has 3 aliphatic heterocycles. The molecule has 0 bridgehead atoms. The van der Waals surface area contributed by atoms with Gasteiger partial charge in [0.1, 0.15) is 0 Å². The summed E-state index contributed by atoms with van der Waals surface area (Å²) in [6.07, 6.45) is 0. The van der Waals surface area contributed by atoms with Crippen molar-refractivity contribution in [2.75, 3.05) is 9.80 Å². The van der Waals surface area contributed by atoms with E-state index >= 15 is 0 Å². The zero-order valence-corrected chi connectivity index (χ0v) is 23.0. The SMILES string of the molecule is [Cl][Sb]12([Cl])[c]3c4cccc3N(c3ccccc3)c3cccc([c]31)N(c1ccccc1)c1cccc([c]12)O4. The second kappa shape index (κ2) is 7.01. The Morgan fingerprint density at radius 1 is 0.444 bits per heavy atom. The predicted molar refractivity (Wildman–Crippen MR) is 152 cm³/mol. The third-order valence-electron chi connectivity index (χ3n) is 7.34. The molecule has 174 valence electrons. The summed E-state index contributed by atoms with van der Waals surface area (Å²) < 4.78 is 9.51. The Bertz CT molecular complexity index is 1600. The summed E-state index contributed by atoms with van der Waals surface area (Å²) in [5.41, 5.74) is 6.14. The number of benzene rings is 5. The molecule has 0 aromatic heterocycles. The molecule has 6 heteroatoms. The summed E-state index contributed by atoms with van der Waals surface area (Å²) in [6, 6.07) is 39.5. The van der Waals surface area contributed by atoms with Crippen LogP contribution in [-0.4, -0.2) is 15.1 Å². The van der Waals surface area contributed by atoms with Gasteiger partial charge in [-0.2, -0.15) is 0 Å². The molecule has 36 heavy (non-hydrogen) atoms. The van der Waals surface area contributed by atoms with Gasteiger partial charge in [0, 0.05) is 0 Å². The Morgan fingerprint density at radius 2 is 0.833 bits per heavy atom. The molecular weight excluding hydrogens is 597 g/mol. The van der Waals surface area contributed by atoms with Crippen molar-refractivity contribution in [3.8, 4) is 11.5 Å². The number of hydrogen-bond donors (Lipinski definition) is 0. The van der Waals surface area contributed by atoms with E-state index in [9.17, 15) is 0 Å². The van der Waals surface area contributed by atoms with Crippen molar-refractivity contribution in [3.63, 3.8) is 0 Å². The number of ether oxygens (including phenoxy) is 1. The van der Waals surface area contributed by atoms with E-state index in [0.29, 0.717) is 0 Å². The molecule has 5 aromatic rings. The third-order valence-corrected chi connectivity index (χ3v) is 24.7. The van der Waals surface area contributed by atoms with Gasteiger partial charge in [-0.1, -0.05) is 0 Å². The fourth-order valence-electron chi connectivity index (χ4n) is 6.04. The number of nitrogens with zero attached hydrogens (tertiary/aromatic N) is 2. The minimum absolute atomic E-state index is 0.749. The number of hydrogen-bond acceptors (Lipinski definition) is 3. The normalized spacial score (nSPS) is 17.9. The molecular formula is C30H19Cl2N2OSb. The zero-order chi connectivity index (χ0) is 24.1. The van der Waals surface area contributed by atoms with Gasteiger partial charge in [-0.3, -0.25) is 0 Å². The van der Waals surface area contributed by atoms with Crippen LogP contribution in [0.4, 0.5) is 34.1 Å². The zero-order valence-electron chi connectivity index (χ0n) is 19.0. The molecule has 0 amide bonds. The summed E-state index contributed by atoms with van der Waals surface area (Å²) in [5.74, 6) is 1.50. The minimum atomic E-state index is -5.05. The maximum absolute atomic E-state index is 8.15. The van der Waals surface area contributed by atoms with Crippen LogP contribution < -0.4 is 25.1 Å². The van der Waals surface area contributed by atoms with Crippen molar-refractivity contribution in [2.45, 2.75) is 0 Å². The molecule has 0 N–H and O–H groups in total. The molecule has 0 radical (unpaired) electrons. The van der Waals surface area contributed by atoms with Gasteiger partial charge in [0.25, 0.3) is 0 Å². The van der Waals surface area contributed by atoms with Crippen LogP contribution in [0.25, 0.3) is 0 Å². The van der Waals surface area contributed by atoms with E-state index in [4.69, 9.17) is 22.4 Å². The molecule has 3 nitrogen and oxygen atoms in total. The Morgan fingerprint density at radius 3 is 1.28 bits per heavy atom. The molecule has 0 spiro atoms. The standard InChI is InChI=1S/C30H19N2O.2ClH.Sb/c1-3-10-23(11-4-1)31-25-14-7-15-26(20-25)32(24-12-5-2-6-13-24)28-17-9-19-30(22-28)33-29-18-8-16-27(31)21-29;;;/h1-19H;2*1H;/q;;;+2/p-2. The first-order valence-electron chi connectivity index (χ1n) is 11.8. The molecule has 0 unspecified atom stereocenters. The molecule has 3 aliphatic rings. The Hall–Kier alpha value is -3.10. The second-order valence-corrected chi connectivity index (χ2v) is 28.5. The first kappa shape index (κ1) is 21.0. The fraction of sp³-hybridized carbons (Fsp3) is 0. The van der Waals surface area contributed by atoms with Crippen molar-refractivity contribution in [2.24, 2.45) is 0 Å². The van der Waals surface area contributed by atoms with E-state index in [-0.39, 0.29) is 0 Å². The predicted octanol–water partition coefficient (Wildman–Crippen LogP) is 7.25. The fourth-order valence-corrected chi connectivity index (χ4v) is 24.3. The van der Waals surface area contributed by atoms with Crippen LogP contribution in [0.5, 0.6) is 11.5 Å². The summed E-state index contributed by atoms with van der Waals surface area (Å²) in [5, 5.41) is 0. The van der Waals surface area contributed by atoms with Gasteiger partial charge in [-0.15, -0.1) is 0 Å². The molecule has 0 atom stereocenters. The van der Waals surface area contributed by atoms with E-state index in [2.05, 4.69) is 88.7 Å². The van der Waals surface area contributed by atoms with Crippen LogP contribution in [0.1, 0.15) is 0 Å². The summed E-state index contributed by atoms with van der Waals surface area (Å²) in [7, 11) is 16.3. The topological polar surface area (TPSA) is 15.7 Å². The number of anilines is 6. The van der Waals surface area contributed by atoms with Crippen molar-refractivity contribution >= 4 is 77.4 Å². The van der Waals surface area contributed by atoms with Gasteiger partial charge >= 0.3 is 219 Å². The van der Waals surface area contributed by atoms with E-state index in [1.54, 1.807) is 0 Å². The Kier molecular flexibility index (Phi) is 4.10. The van der Waals surface area contributed by atoms with E-state index in [0.717, 1.165) is 56.2 Å². The molecule has 5 aromatic carbocycles. The molecule has 8 rings (SSSR count). The van der Waals surface area contributed by atoms with Crippen LogP contribution >= 0.6 is 17.7 Å². The molecule has 0 fully saturated rings. The van der Waals surface area contributed by atoms with Crippen LogP contribution in [0.2, 0.25) is 0 Å². The molecule has 3 heterocycles. The monoisotopic (exact) mass is 614 g/mol. The third kappa shape index (κ3) is 2.42. The average Bonchev–Trinajstić information content (AvgIpc) is 2.90. The maximum atomic E-state index is 8.15. The summed E-state index contributed by atoms with van der Waals surface area (Å²) in [4.78, 5) is 4.56. The quantitative estimate of drug-likeness (QED) is 0.191. The number of para-hydroxylation sites is 2. The molecule has 0 saturated heterocycles. The Balaban J connectivity index is 1.59. The number of rotatable bonds is 2. The Labute approximate surface area is 217 Å². The van der Waals surface area contributed by atoms with Crippen LogP contribution in [0, 0.1) is 0 Å². The van der Waals surface area contributed by atoms with Gasteiger partial charge in [0.05, 0.1) is 0 Å². The first-order valence-corrected chi connectivity index (χ1v) is 22.1. The number of halogens is 2. The van der Waals surface area contributed by atoms with Crippen molar-refractivity contribution in [3.05, 3.63) is 115 Å². The average molecular weight is 616 g/mol. The van der Waals surface area contributed by atoms with Gasteiger partial charge in [-0.25, -0.2) is 0 Å². The second-order valence-electron chi connectivity index (χ2n) is 9.24. The van der Waals surface area contributed by atoms with Gasteiger partial charge < -0.3 is 0 Å². The summed E-state index contributed by atoms with van der Waals surface area (Å²) in [6.45, 7) is 0. The van der Waals surface area contributed by atoms with Crippen LogP contribution in [0.3, 0.4) is 0 Å². The van der Waals surface area contributed by atoms with Crippen LogP contribution in [0.15, 0.2) is 115 Å². The first-order chi connectivity index (χ1) is 17.6. The van der Waals surface area contributed by atoms with E-state index < -0.39 is 15.1 Å². The van der Waals surface area contributed by atoms with Crippen molar-refractivity contribution in [1.82, 2.24) is 0 Å². The van der Waals surface area contributed by atoms with Gasteiger partial charge in [0.15, 0.2) is 0 Å². The van der Waals surface area contributed by atoms with Crippen molar-refractivity contribution in [1.29, 1.82) is 0 Å². The molecule has 0 saturated carbocycles. The van der Waals surface area contributed by atoms with E-state index in [1.807, 2.05) is 36.4 Å². The van der Waals surface area contributed by atoms with E-state index in [1.165, 1.54) is 0 Å². The molecule has 0 aliphatic carbocycles. The van der Waals surface area contributed by atoms with Crippen LogP contribution in [-0.2, 0) is 0 Å². The van der Waals surface area contributed by atoms with Gasteiger partial charge in [-0.05, 0) is 0 Å². The van der Waals surface area contributed by atoms with Crippen molar-refractivity contribution < 1.29 is 4.74 Å². The van der Waals surface area contributed by atoms with Gasteiger partial charge in [0.2, 0.25) is 0 Å². The summed E-state index contributed by atoms with van der Waals surface area (Å²) >= 11 is -5.05.